The molecule has 1 fully saturated rings. The summed E-state index contributed by atoms with van der Waals surface area (Å²) in [6.07, 6.45) is 1.10. The fourth-order valence-electron chi connectivity index (χ4n) is 2.08. The summed E-state index contributed by atoms with van der Waals surface area (Å²) in [4.78, 5) is 0. The molecule has 2 atom stereocenters. The average Bonchev–Trinajstić information content (AvgIpc) is 2.84. The van der Waals surface area contributed by atoms with Gasteiger partial charge in [-0.2, -0.15) is 0 Å². The van der Waals surface area contributed by atoms with Crippen molar-refractivity contribution in [3.05, 3.63) is 28.7 Å². The Labute approximate surface area is 110 Å². The highest BCUT2D eigenvalue weighted by atomic mass is 79.9. The van der Waals surface area contributed by atoms with Crippen LogP contribution in [0, 0.1) is 11.8 Å². The van der Waals surface area contributed by atoms with E-state index in [-0.39, 0.29) is 0 Å². The van der Waals surface area contributed by atoms with Crippen molar-refractivity contribution in [1.29, 1.82) is 0 Å². The third-order valence-corrected chi connectivity index (χ3v) is 3.69. The van der Waals surface area contributed by atoms with E-state index in [0.717, 1.165) is 29.9 Å². The predicted molar refractivity (Wildman–Crippen MR) is 71.1 cm³/mol. The number of hydrogen-bond acceptors (Lipinski definition) is 3. The molecular formula is C13H18BrNO2. The first-order valence-corrected chi connectivity index (χ1v) is 6.75. The molecule has 1 aromatic rings. The second-order valence-corrected chi connectivity index (χ2v) is 5.30. The van der Waals surface area contributed by atoms with Crippen LogP contribution >= 0.6 is 15.9 Å². The maximum atomic E-state index is 5.80. The SMILES string of the molecule is NCC(COc1cccc(Br)c1)C1CCOC1. The normalized spacial score (nSPS) is 21.4. The van der Waals surface area contributed by atoms with Gasteiger partial charge in [-0.1, -0.05) is 22.0 Å². The van der Waals surface area contributed by atoms with Gasteiger partial charge in [0.15, 0.2) is 0 Å². The highest BCUT2D eigenvalue weighted by Crippen LogP contribution is 2.23. The van der Waals surface area contributed by atoms with E-state index in [1.165, 1.54) is 0 Å². The van der Waals surface area contributed by atoms with Crippen molar-refractivity contribution in [1.82, 2.24) is 0 Å². The van der Waals surface area contributed by atoms with Gasteiger partial charge in [0.05, 0.1) is 6.61 Å². The molecule has 0 radical (unpaired) electrons. The Morgan fingerprint density at radius 3 is 3.06 bits per heavy atom. The quantitative estimate of drug-likeness (QED) is 0.908. The second kappa shape index (κ2) is 6.38. The van der Waals surface area contributed by atoms with E-state index in [1.54, 1.807) is 0 Å². The monoisotopic (exact) mass is 299 g/mol. The summed E-state index contributed by atoms with van der Waals surface area (Å²) in [7, 11) is 0. The maximum absolute atomic E-state index is 5.80. The van der Waals surface area contributed by atoms with E-state index in [1.807, 2.05) is 24.3 Å². The van der Waals surface area contributed by atoms with Gasteiger partial charge in [0.25, 0.3) is 0 Å². The molecule has 3 nitrogen and oxygen atoms in total. The van der Waals surface area contributed by atoms with Crippen molar-refractivity contribution in [2.75, 3.05) is 26.4 Å². The molecule has 0 amide bonds. The van der Waals surface area contributed by atoms with Crippen molar-refractivity contribution >= 4 is 15.9 Å². The lowest BCUT2D eigenvalue weighted by atomic mass is 9.92. The predicted octanol–water partition coefficient (Wildman–Crippen LogP) is 2.44. The second-order valence-electron chi connectivity index (χ2n) is 4.39. The van der Waals surface area contributed by atoms with Gasteiger partial charge in [-0.15, -0.1) is 0 Å². The molecule has 1 heterocycles. The zero-order valence-electron chi connectivity index (χ0n) is 9.77. The Kier molecular flexibility index (Phi) is 4.83. The van der Waals surface area contributed by atoms with Gasteiger partial charge < -0.3 is 15.2 Å². The number of hydrogen-bond donors (Lipinski definition) is 1. The van der Waals surface area contributed by atoms with Gasteiger partial charge in [-0.3, -0.25) is 0 Å². The van der Waals surface area contributed by atoms with Crippen molar-refractivity contribution in [3.8, 4) is 5.75 Å². The third-order valence-electron chi connectivity index (χ3n) is 3.19. The van der Waals surface area contributed by atoms with E-state index in [9.17, 15) is 0 Å². The lowest BCUT2D eigenvalue weighted by Crippen LogP contribution is -2.29. The molecule has 0 saturated carbocycles. The molecule has 0 aliphatic carbocycles. The number of rotatable bonds is 5. The van der Waals surface area contributed by atoms with Crippen LogP contribution in [0.2, 0.25) is 0 Å². The number of halogens is 1. The first-order chi connectivity index (χ1) is 8.29. The topological polar surface area (TPSA) is 44.5 Å². The van der Waals surface area contributed by atoms with Crippen LogP contribution in [-0.2, 0) is 4.74 Å². The highest BCUT2D eigenvalue weighted by Gasteiger charge is 2.25. The molecule has 0 aromatic heterocycles. The Bertz CT molecular complexity index is 353. The molecule has 17 heavy (non-hydrogen) atoms. The van der Waals surface area contributed by atoms with Crippen LogP contribution in [0.1, 0.15) is 6.42 Å². The van der Waals surface area contributed by atoms with Gasteiger partial charge in [0.2, 0.25) is 0 Å². The summed E-state index contributed by atoms with van der Waals surface area (Å²) < 4.78 is 12.2. The summed E-state index contributed by atoms with van der Waals surface area (Å²) in [5, 5.41) is 0. The van der Waals surface area contributed by atoms with Gasteiger partial charge in [-0.25, -0.2) is 0 Å². The van der Waals surface area contributed by atoms with E-state index in [2.05, 4.69) is 15.9 Å². The van der Waals surface area contributed by atoms with Crippen LogP contribution < -0.4 is 10.5 Å². The van der Waals surface area contributed by atoms with Gasteiger partial charge in [-0.05, 0) is 37.1 Å². The lowest BCUT2D eigenvalue weighted by molar-refractivity contribution is 0.150. The molecule has 1 aromatic carbocycles. The van der Waals surface area contributed by atoms with E-state index >= 15 is 0 Å². The molecule has 2 N–H and O–H groups in total. The zero-order valence-corrected chi connectivity index (χ0v) is 11.4. The van der Waals surface area contributed by atoms with Crippen molar-refractivity contribution in [2.45, 2.75) is 6.42 Å². The molecule has 2 rings (SSSR count). The Morgan fingerprint density at radius 2 is 2.41 bits per heavy atom. The summed E-state index contributed by atoms with van der Waals surface area (Å²) in [6.45, 7) is 3.00. The maximum Gasteiger partial charge on any atom is 0.120 e. The minimum absolute atomic E-state index is 0.386. The van der Waals surface area contributed by atoms with Crippen molar-refractivity contribution in [3.63, 3.8) is 0 Å². The Morgan fingerprint density at radius 1 is 1.53 bits per heavy atom. The van der Waals surface area contributed by atoms with E-state index in [0.29, 0.717) is 25.0 Å². The summed E-state index contributed by atoms with van der Waals surface area (Å²) in [5.41, 5.74) is 5.80. The number of nitrogens with two attached hydrogens (primary N) is 1. The number of ether oxygens (including phenoxy) is 2. The van der Waals surface area contributed by atoms with Crippen molar-refractivity contribution < 1.29 is 9.47 Å². The van der Waals surface area contributed by atoms with Crippen LogP contribution in [0.25, 0.3) is 0 Å². The van der Waals surface area contributed by atoms with Crippen LogP contribution in [0.4, 0.5) is 0 Å². The molecule has 1 aliphatic heterocycles. The average molecular weight is 300 g/mol. The minimum atomic E-state index is 0.386. The van der Waals surface area contributed by atoms with Crippen molar-refractivity contribution in [2.24, 2.45) is 17.6 Å². The lowest BCUT2D eigenvalue weighted by Gasteiger charge is -2.20. The molecule has 2 unspecified atom stereocenters. The molecular weight excluding hydrogens is 282 g/mol. The molecule has 0 bridgehead atoms. The summed E-state index contributed by atoms with van der Waals surface area (Å²) >= 11 is 3.43. The Hall–Kier alpha value is -0.580. The molecule has 1 aliphatic rings. The highest BCUT2D eigenvalue weighted by molar-refractivity contribution is 9.10. The number of benzene rings is 1. The van der Waals surface area contributed by atoms with E-state index in [4.69, 9.17) is 15.2 Å². The largest absolute Gasteiger partial charge is 0.493 e. The Balaban J connectivity index is 1.87. The summed E-state index contributed by atoms with van der Waals surface area (Å²) in [6, 6.07) is 7.88. The van der Waals surface area contributed by atoms with Crippen LogP contribution in [0.15, 0.2) is 28.7 Å². The molecule has 94 valence electrons. The van der Waals surface area contributed by atoms with E-state index < -0.39 is 0 Å². The zero-order chi connectivity index (χ0) is 12.1. The van der Waals surface area contributed by atoms with Crippen LogP contribution in [-0.4, -0.2) is 26.4 Å². The standard InChI is InChI=1S/C13H18BrNO2/c14-12-2-1-3-13(6-12)17-9-11(7-15)10-4-5-16-8-10/h1-3,6,10-11H,4-5,7-9,15H2. The van der Waals surface area contributed by atoms with Gasteiger partial charge in [0.1, 0.15) is 5.75 Å². The van der Waals surface area contributed by atoms with Gasteiger partial charge in [0, 0.05) is 23.6 Å². The molecule has 0 spiro atoms. The summed E-state index contributed by atoms with van der Waals surface area (Å²) in [5.74, 6) is 1.82. The van der Waals surface area contributed by atoms with Gasteiger partial charge >= 0.3 is 0 Å². The van der Waals surface area contributed by atoms with Crippen LogP contribution in [0.5, 0.6) is 5.75 Å². The smallest absolute Gasteiger partial charge is 0.120 e. The minimum Gasteiger partial charge on any atom is -0.493 e. The fraction of sp³-hybridized carbons (Fsp3) is 0.538. The third kappa shape index (κ3) is 3.69. The first-order valence-electron chi connectivity index (χ1n) is 5.96. The molecule has 4 heteroatoms. The van der Waals surface area contributed by atoms with Crippen LogP contribution in [0.3, 0.4) is 0 Å². The molecule has 1 saturated heterocycles. The first kappa shape index (κ1) is 12.9. The fourth-order valence-corrected chi connectivity index (χ4v) is 2.46.